The Bertz CT molecular complexity index is 1070. The van der Waals surface area contributed by atoms with E-state index >= 15 is 0 Å². The first-order valence-corrected chi connectivity index (χ1v) is 9.48. The van der Waals surface area contributed by atoms with E-state index in [1.54, 1.807) is 30.2 Å². The van der Waals surface area contributed by atoms with Crippen molar-refractivity contribution in [1.29, 1.82) is 0 Å². The van der Waals surface area contributed by atoms with Gasteiger partial charge in [0.2, 0.25) is 5.88 Å². The highest BCUT2D eigenvalue weighted by Gasteiger charge is 2.18. The number of hydrogen-bond acceptors (Lipinski definition) is 5. The van der Waals surface area contributed by atoms with Gasteiger partial charge in [-0.25, -0.2) is 4.98 Å². The third-order valence-corrected chi connectivity index (χ3v) is 4.48. The second-order valence-electron chi connectivity index (χ2n) is 6.96. The molecule has 7 nitrogen and oxygen atoms in total. The Morgan fingerprint density at radius 2 is 2.03 bits per heavy atom. The van der Waals surface area contributed by atoms with Crippen molar-refractivity contribution in [3.8, 4) is 17.7 Å². The van der Waals surface area contributed by atoms with Gasteiger partial charge in [0.05, 0.1) is 36.1 Å². The third-order valence-electron chi connectivity index (χ3n) is 4.48. The molecule has 1 amide bonds. The number of pyridine rings is 1. The molecule has 1 N–H and O–H groups in total. The highest BCUT2D eigenvalue weighted by molar-refractivity contribution is 5.94. The lowest BCUT2D eigenvalue weighted by Crippen LogP contribution is -2.35. The van der Waals surface area contributed by atoms with Crippen LogP contribution in [0.5, 0.6) is 5.88 Å². The lowest BCUT2D eigenvalue weighted by Gasteiger charge is -2.21. The number of likely N-dealkylation sites (N-methyl/N-ethyl adjacent to an activating group) is 1. The van der Waals surface area contributed by atoms with Crippen molar-refractivity contribution >= 4 is 5.91 Å². The number of methoxy groups -OCH3 is 1. The number of hydrogen-bond donors (Lipinski definition) is 1. The summed E-state index contributed by atoms with van der Waals surface area (Å²) >= 11 is 0. The van der Waals surface area contributed by atoms with Gasteiger partial charge >= 0.3 is 0 Å². The maximum absolute atomic E-state index is 12.8. The van der Waals surface area contributed by atoms with Crippen molar-refractivity contribution in [2.45, 2.75) is 12.5 Å². The van der Waals surface area contributed by atoms with E-state index in [0.29, 0.717) is 23.4 Å². The maximum Gasteiger partial charge on any atom is 0.255 e. The highest BCUT2D eigenvalue weighted by atomic mass is 16.5. The number of amides is 1. The van der Waals surface area contributed by atoms with Crippen LogP contribution in [0.25, 0.3) is 0 Å². The second kappa shape index (κ2) is 9.72. The molecule has 2 heterocycles. The lowest BCUT2D eigenvalue weighted by atomic mass is 10.1. The monoisotopic (exact) mass is 404 g/mol. The van der Waals surface area contributed by atoms with E-state index in [1.807, 2.05) is 37.4 Å². The quantitative estimate of drug-likeness (QED) is 0.635. The summed E-state index contributed by atoms with van der Waals surface area (Å²) in [5.74, 6) is 6.08. The van der Waals surface area contributed by atoms with E-state index in [4.69, 9.17) is 4.74 Å². The average Bonchev–Trinajstić information content (AvgIpc) is 3.17. The Labute approximate surface area is 175 Å². The van der Waals surface area contributed by atoms with E-state index in [2.05, 4.69) is 21.9 Å². The predicted octanol–water partition coefficient (Wildman–Crippen LogP) is 1.90. The molecule has 154 valence electrons. The van der Waals surface area contributed by atoms with Crippen molar-refractivity contribution in [2.75, 3.05) is 20.7 Å². The molecule has 7 heteroatoms. The summed E-state index contributed by atoms with van der Waals surface area (Å²) in [4.78, 5) is 18.5. The van der Waals surface area contributed by atoms with Gasteiger partial charge in [-0.3, -0.25) is 9.48 Å². The molecule has 0 aliphatic rings. The minimum atomic E-state index is -0.669. The Balaban J connectivity index is 1.72. The highest BCUT2D eigenvalue weighted by Crippen LogP contribution is 2.17. The number of aliphatic hydroxyl groups is 1. The van der Waals surface area contributed by atoms with Crippen LogP contribution in [0.4, 0.5) is 0 Å². The molecule has 3 aromatic rings. The molecule has 0 saturated heterocycles. The van der Waals surface area contributed by atoms with Crippen LogP contribution in [-0.4, -0.2) is 57.5 Å². The molecule has 1 aromatic carbocycles. The number of benzene rings is 1. The van der Waals surface area contributed by atoms with Crippen LogP contribution in [-0.2, 0) is 13.5 Å². The van der Waals surface area contributed by atoms with Crippen LogP contribution >= 0.6 is 0 Å². The molecule has 0 saturated carbocycles. The summed E-state index contributed by atoms with van der Waals surface area (Å²) in [6.45, 7) is 0.205. The zero-order valence-corrected chi connectivity index (χ0v) is 17.2. The molecule has 0 spiro atoms. The second-order valence-corrected chi connectivity index (χ2v) is 6.96. The maximum atomic E-state index is 12.8. The first-order chi connectivity index (χ1) is 14.5. The average molecular weight is 404 g/mol. The van der Waals surface area contributed by atoms with Gasteiger partial charge in [0.25, 0.3) is 5.91 Å². The van der Waals surface area contributed by atoms with E-state index in [9.17, 15) is 9.90 Å². The van der Waals surface area contributed by atoms with Gasteiger partial charge in [0.15, 0.2) is 0 Å². The van der Waals surface area contributed by atoms with Crippen molar-refractivity contribution in [2.24, 2.45) is 7.05 Å². The number of aryl methyl sites for hydroxylation is 1. The molecule has 0 fully saturated rings. The SMILES string of the molecule is COc1ncc(C(=O)N(C)CC(O)Cc2ccccc2)cc1C#Cc1cnn(C)c1. The smallest absolute Gasteiger partial charge is 0.255 e. The molecule has 0 aliphatic carbocycles. The Morgan fingerprint density at radius 1 is 1.27 bits per heavy atom. The Hall–Kier alpha value is -3.63. The molecular weight excluding hydrogens is 380 g/mol. The number of aromatic nitrogens is 3. The first kappa shape index (κ1) is 21.1. The fraction of sp³-hybridized carbons (Fsp3) is 0.261. The Kier molecular flexibility index (Phi) is 6.83. The normalized spacial score (nSPS) is 11.3. The first-order valence-electron chi connectivity index (χ1n) is 9.48. The van der Waals surface area contributed by atoms with Gasteiger partial charge in [0, 0.05) is 39.5 Å². The van der Waals surface area contributed by atoms with E-state index in [0.717, 1.165) is 11.1 Å². The minimum absolute atomic E-state index is 0.205. The molecule has 0 bridgehead atoms. The largest absolute Gasteiger partial charge is 0.480 e. The van der Waals surface area contributed by atoms with E-state index in [1.165, 1.54) is 18.2 Å². The van der Waals surface area contributed by atoms with Crippen LogP contribution in [0, 0.1) is 11.8 Å². The van der Waals surface area contributed by atoms with Crippen molar-refractivity contribution < 1.29 is 14.6 Å². The summed E-state index contributed by atoms with van der Waals surface area (Å²) in [7, 11) is 4.97. The van der Waals surface area contributed by atoms with Crippen LogP contribution < -0.4 is 4.74 Å². The van der Waals surface area contributed by atoms with Crippen LogP contribution in [0.15, 0.2) is 55.0 Å². The van der Waals surface area contributed by atoms with Crippen molar-refractivity contribution in [3.63, 3.8) is 0 Å². The summed E-state index contributed by atoms with van der Waals surface area (Å²) in [5, 5.41) is 14.4. The predicted molar refractivity (Wildman–Crippen MR) is 113 cm³/mol. The third kappa shape index (κ3) is 5.46. The Morgan fingerprint density at radius 3 is 2.70 bits per heavy atom. The fourth-order valence-electron chi connectivity index (χ4n) is 3.02. The zero-order valence-electron chi connectivity index (χ0n) is 17.2. The number of carbonyl (C=O) groups excluding carboxylic acids is 1. The molecule has 1 atom stereocenters. The number of rotatable bonds is 6. The zero-order chi connectivity index (χ0) is 21.5. The molecule has 3 rings (SSSR count). The van der Waals surface area contributed by atoms with Gasteiger partial charge in [-0.15, -0.1) is 0 Å². The fourth-order valence-corrected chi connectivity index (χ4v) is 3.02. The number of aliphatic hydroxyl groups excluding tert-OH is 1. The molecule has 30 heavy (non-hydrogen) atoms. The van der Waals surface area contributed by atoms with Crippen LogP contribution in [0.3, 0.4) is 0 Å². The summed E-state index contributed by atoms with van der Waals surface area (Å²) in [5.41, 5.74) is 2.65. The molecular formula is C23H24N4O3. The van der Waals surface area contributed by atoms with Gasteiger partial charge in [-0.2, -0.15) is 5.10 Å². The summed E-state index contributed by atoms with van der Waals surface area (Å²) in [6, 6.07) is 11.3. The van der Waals surface area contributed by atoms with Crippen LogP contribution in [0.1, 0.15) is 27.0 Å². The number of ether oxygens (including phenoxy) is 1. The van der Waals surface area contributed by atoms with Crippen molar-refractivity contribution in [3.05, 3.63) is 77.2 Å². The summed E-state index contributed by atoms with van der Waals surface area (Å²) in [6.07, 6.45) is 4.71. The van der Waals surface area contributed by atoms with Gasteiger partial charge in [-0.1, -0.05) is 42.2 Å². The molecule has 2 aromatic heterocycles. The van der Waals surface area contributed by atoms with Crippen LogP contribution in [0.2, 0.25) is 0 Å². The van der Waals surface area contributed by atoms with Crippen molar-refractivity contribution in [1.82, 2.24) is 19.7 Å². The lowest BCUT2D eigenvalue weighted by molar-refractivity contribution is 0.0681. The van der Waals surface area contributed by atoms with Gasteiger partial charge < -0.3 is 14.7 Å². The topological polar surface area (TPSA) is 80.5 Å². The molecule has 1 unspecified atom stereocenters. The number of nitrogens with zero attached hydrogens (tertiary/aromatic N) is 4. The molecule has 0 radical (unpaired) electrons. The standard InChI is InChI=1S/C23H24N4O3/c1-26(16-21(28)11-17-7-5-4-6-8-17)23(29)20-12-19(22(30-3)24-14-20)10-9-18-13-25-27(2)15-18/h4-8,12-15,21,28H,11,16H2,1-3H3. The van der Waals surface area contributed by atoms with E-state index in [-0.39, 0.29) is 12.5 Å². The molecule has 0 aliphatic heterocycles. The number of carbonyl (C=O) groups is 1. The summed E-state index contributed by atoms with van der Waals surface area (Å²) < 4.78 is 6.93. The van der Waals surface area contributed by atoms with Gasteiger partial charge in [-0.05, 0) is 11.6 Å². The van der Waals surface area contributed by atoms with E-state index < -0.39 is 6.10 Å². The van der Waals surface area contributed by atoms with Gasteiger partial charge in [0.1, 0.15) is 0 Å². The minimum Gasteiger partial charge on any atom is -0.480 e.